The molecular weight excluding hydrogens is 282 g/mol. The minimum absolute atomic E-state index is 0.449. The molecular formula is C21H21NO. The van der Waals surface area contributed by atoms with Crippen LogP contribution in [0.3, 0.4) is 0 Å². The van der Waals surface area contributed by atoms with Gasteiger partial charge in [0.25, 0.3) is 0 Å². The molecule has 0 saturated carbocycles. The zero-order chi connectivity index (χ0) is 16.1. The van der Waals surface area contributed by atoms with Crippen molar-refractivity contribution < 1.29 is 5.11 Å². The summed E-state index contributed by atoms with van der Waals surface area (Å²) >= 11 is 0. The molecule has 0 aromatic heterocycles. The molecule has 0 heterocycles. The van der Waals surface area contributed by atoms with Gasteiger partial charge in [0.05, 0.1) is 0 Å². The summed E-state index contributed by atoms with van der Waals surface area (Å²) in [4.78, 5) is 0. The van der Waals surface area contributed by atoms with Gasteiger partial charge in [-0.1, -0.05) is 91.0 Å². The highest BCUT2D eigenvalue weighted by atomic mass is 16.3. The fourth-order valence-corrected chi connectivity index (χ4v) is 3.00. The van der Waals surface area contributed by atoms with Crippen LogP contribution in [0.25, 0.3) is 0 Å². The fourth-order valence-electron chi connectivity index (χ4n) is 3.00. The lowest BCUT2D eigenvalue weighted by molar-refractivity contribution is 0.0516. The van der Waals surface area contributed by atoms with Crippen LogP contribution in [0.1, 0.15) is 16.7 Å². The third kappa shape index (κ3) is 3.19. The Bertz CT molecular complexity index is 686. The van der Waals surface area contributed by atoms with Crippen molar-refractivity contribution in [2.75, 3.05) is 0 Å². The molecule has 3 aromatic rings. The summed E-state index contributed by atoms with van der Waals surface area (Å²) in [6.45, 7) is 0. The Morgan fingerprint density at radius 2 is 1.09 bits per heavy atom. The Kier molecular flexibility index (Phi) is 4.56. The largest absolute Gasteiger partial charge is 0.379 e. The maximum atomic E-state index is 11.6. The fraction of sp³-hybridized carbons (Fsp3) is 0.143. The molecule has 0 unspecified atom stereocenters. The van der Waals surface area contributed by atoms with Crippen LogP contribution >= 0.6 is 0 Å². The first-order valence-electron chi connectivity index (χ1n) is 7.84. The molecule has 0 spiro atoms. The van der Waals surface area contributed by atoms with E-state index in [1.807, 2.05) is 91.0 Å². The highest BCUT2D eigenvalue weighted by Crippen LogP contribution is 2.33. The first-order valence-corrected chi connectivity index (χ1v) is 7.84. The molecule has 3 aromatic carbocycles. The Labute approximate surface area is 137 Å². The predicted molar refractivity (Wildman–Crippen MR) is 94.0 cm³/mol. The van der Waals surface area contributed by atoms with Crippen LogP contribution in [0.5, 0.6) is 0 Å². The lowest BCUT2D eigenvalue weighted by atomic mass is 9.78. The van der Waals surface area contributed by atoms with Gasteiger partial charge in [0.1, 0.15) is 5.60 Å². The molecule has 2 nitrogen and oxygen atoms in total. The van der Waals surface area contributed by atoms with E-state index in [0.29, 0.717) is 6.42 Å². The quantitative estimate of drug-likeness (QED) is 0.758. The average Bonchev–Trinajstić information content (AvgIpc) is 2.63. The maximum absolute atomic E-state index is 11.6. The second-order valence-corrected chi connectivity index (χ2v) is 5.79. The molecule has 0 bridgehead atoms. The standard InChI is InChI=1S/C21H21NO/c22-20(16-17-10-4-1-5-11-17)21(23,18-12-6-2-7-13-18)19-14-8-3-9-15-19/h1-15,20,23H,16,22H2/t20-/m1/s1. The molecule has 3 rings (SSSR count). The van der Waals surface area contributed by atoms with E-state index in [0.717, 1.165) is 16.7 Å². The summed E-state index contributed by atoms with van der Waals surface area (Å²) in [6, 6.07) is 28.9. The molecule has 0 aliphatic heterocycles. The lowest BCUT2D eigenvalue weighted by Crippen LogP contribution is -2.47. The molecule has 0 saturated heterocycles. The molecule has 0 fully saturated rings. The number of aliphatic hydroxyl groups is 1. The van der Waals surface area contributed by atoms with Crippen LogP contribution in [0.2, 0.25) is 0 Å². The van der Waals surface area contributed by atoms with Gasteiger partial charge in [-0.05, 0) is 23.1 Å². The molecule has 2 heteroatoms. The van der Waals surface area contributed by atoms with E-state index in [-0.39, 0.29) is 0 Å². The Hall–Kier alpha value is -2.42. The van der Waals surface area contributed by atoms with Gasteiger partial charge in [-0.25, -0.2) is 0 Å². The normalized spacial score (nSPS) is 12.8. The van der Waals surface area contributed by atoms with Crippen molar-refractivity contribution in [3.63, 3.8) is 0 Å². The van der Waals surface area contributed by atoms with Gasteiger partial charge in [-0.2, -0.15) is 0 Å². The maximum Gasteiger partial charge on any atom is 0.130 e. The Balaban J connectivity index is 2.02. The van der Waals surface area contributed by atoms with E-state index in [1.54, 1.807) is 0 Å². The Morgan fingerprint density at radius 1 is 0.696 bits per heavy atom. The zero-order valence-electron chi connectivity index (χ0n) is 13.0. The summed E-state index contributed by atoms with van der Waals surface area (Å²) < 4.78 is 0. The van der Waals surface area contributed by atoms with E-state index < -0.39 is 11.6 Å². The van der Waals surface area contributed by atoms with Gasteiger partial charge in [-0.15, -0.1) is 0 Å². The Morgan fingerprint density at radius 3 is 1.52 bits per heavy atom. The average molecular weight is 303 g/mol. The number of benzene rings is 3. The van der Waals surface area contributed by atoms with Crippen LogP contribution in [-0.2, 0) is 12.0 Å². The third-order valence-electron chi connectivity index (χ3n) is 4.26. The van der Waals surface area contributed by atoms with Gasteiger partial charge in [0.15, 0.2) is 0 Å². The molecule has 0 aliphatic carbocycles. The van der Waals surface area contributed by atoms with E-state index in [2.05, 4.69) is 0 Å². The van der Waals surface area contributed by atoms with E-state index in [1.165, 1.54) is 0 Å². The van der Waals surface area contributed by atoms with Crippen molar-refractivity contribution in [1.29, 1.82) is 0 Å². The minimum atomic E-state index is -1.22. The van der Waals surface area contributed by atoms with E-state index >= 15 is 0 Å². The molecule has 0 amide bonds. The first-order chi connectivity index (χ1) is 11.2. The minimum Gasteiger partial charge on any atom is -0.379 e. The van der Waals surface area contributed by atoms with Crippen molar-refractivity contribution in [2.45, 2.75) is 18.1 Å². The molecule has 116 valence electrons. The molecule has 0 radical (unpaired) electrons. The van der Waals surface area contributed by atoms with Gasteiger partial charge in [-0.3, -0.25) is 0 Å². The van der Waals surface area contributed by atoms with Crippen LogP contribution in [0.4, 0.5) is 0 Å². The topological polar surface area (TPSA) is 46.2 Å². The summed E-state index contributed by atoms with van der Waals surface area (Å²) in [5, 5.41) is 11.6. The van der Waals surface area contributed by atoms with E-state index in [9.17, 15) is 5.11 Å². The predicted octanol–water partition coefficient (Wildman–Crippen LogP) is 3.49. The van der Waals surface area contributed by atoms with Crippen molar-refractivity contribution in [3.05, 3.63) is 108 Å². The molecule has 1 atom stereocenters. The van der Waals surface area contributed by atoms with E-state index in [4.69, 9.17) is 5.73 Å². The monoisotopic (exact) mass is 303 g/mol. The number of hydrogen-bond acceptors (Lipinski definition) is 2. The second-order valence-electron chi connectivity index (χ2n) is 5.79. The molecule has 3 N–H and O–H groups in total. The highest BCUT2D eigenvalue weighted by Gasteiger charge is 2.37. The zero-order valence-corrected chi connectivity index (χ0v) is 13.0. The number of nitrogens with two attached hydrogens (primary N) is 1. The highest BCUT2D eigenvalue weighted by molar-refractivity contribution is 5.38. The van der Waals surface area contributed by atoms with Crippen LogP contribution < -0.4 is 5.73 Å². The third-order valence-corrected chi connectivity index (χ3v) is 4.26. The van der Waals surface area contributed by atoms with Crippen LogP contribution in [-0.4, -0.2) is 11.1 Å². The first kappa shape index (κ1) is 15.5. The SMILES string of the molecule is N[C@H](Cc1ccccc1)C(O)(c1ccccc1)c1ccccc1. The summed E-state index contributed by atoms with van der Waals surface area (Å²) in [7, 11) is 0. The van der Waals surface area contributed by atoms with Gasteiger partial charge in [0, 0.05) is 6.04 Å². The van der Waals surface area contributed by atoms with Crippen molar-refractivity contribution in [2.24, 2.45) is 5.73 Å². The summed E-state index contributed by atoms with van der Waals surface area (Å²) in [6.07, 6.45) is 0.598. The smallest absolute Gasteiger partial charge is 0.130 e. The van der Waals surface area contributed by atoms with Crippen LogP contribution in [0, 0.1) is 0 Å². The number of rotatable bonds is 5. The van der Waals surface area contributed by atoms with Crippen molar-refractivity contribution in [1.82, 2.24) is 0 Å². The van der Waals surface area contributed by atoms with Crippen LogP contribution in [0.15, 0.2) is 91.0 Å². The molecule has 23 heavy (non-hydrogen) atoms. The molecule has 0 aliphatic rings. The van der Waals surface area contributed by atoms with Gasteiger partial charge >= 0.3 is 0 Å². The van der Waals surface area contributed by atoms with Gasteiger partial charge < -0.3 is 10.8 Å². The summed E-state index contributed by atoms with van der Waals surface area (Å²) in [5.74, 6) is 0. The number of hydrogen-bond donors (Lipinski definition) is 2. The summed E-state index contributed by atoms with van der Waals surface area (Å²) in [5.41, 5.74) is 8.02. The van der Waals surface area contributed by atoms with Crippen molar-refractivity contribution >= 4 is 0 Å². The van der Waals surface area contributed by atoms with Gasteiger partial charge in [0.2, 0.25) is 0 Å². The van der Waals surface area contributed by atoms with Crippen molar-refractivity contribution in [3.8, 4) is 0 Å². The lowest BCUT2D eigenvalue weighted by Gasteiger charge is -2.35. The second kappa shape index (κ2) is 6.78.